The largest absolute Gasteiger partial charge is 0.488 e. The molecule has 0 radical (unpaired) electrons. The highest BCUT2D eigenvalue weighted by Gasteiger charge is 2.15. The Bertz CT molecular complexity index is 1720. The molecule has 0 spiro atoms. The summed E-state index contributed by atoms with van der Waals surface area (Å²) in [5.41, 5.74) is 5.35. The molecule has 3 aromatic carbocycles. The van der Waals surface area contributed by atoms with E-state index in [4.69, 9.17) is 18.9 Å². The molecule has 308 valence electrons. The predicted octanol–water partition coefficient (Wildman–Crippen LogP) is 12.9. The molecule has 0 N–H and O–H groups in total. The van der Waals surface area contributed by atoms with Crippen molar-refractivity contribution in [2.24, 2.45) is 20.5 Å². The van der Waals surface area contributed by atoms with E-state index < -0.39 is 11.9 Å². The van der Waals surface area contributed by atoms with Gasteiger partial charge in [-0.15, -0.1) is 10.2 Å². The minimum atomic E-state index is -0.553. The number of carbonyl (C=O) groups excluding carboxylic acids is 2. The van der Waals surface area contributed by atoms with E-state index in [-0.39, 0.29) is 26.4 Å². The number of carbonyl (C=O) groups is 2. The monoisotopic (exact) mass is 781 g/mol. The van der Waals surface area contributed by atoms with Gasteiger partial charge in [-0.1, -0.05) is 109 Å². The number of esters is 2. The molecule has 0 amide bonds. The summed E-state index contributed by atoms with van der Waals surface area (Å²) in [6.07, 6.45) is 17.3. The Morgan fingerprint density at radius 3 is 1.54 bits per heavy atom. The maximum atomic E-state index is 11.7. The van der Waals surface area contributed by atoms with E-state index >= 15 is 0 Å². The minimum Gasteiger partial charge on any atom is -0.488 e. The number of benzene rings is 3. The standard InChI is InChI=1S/C46H63N5O6/c1-7-11-13-15-17-19-27-51(28-20-18-16-14-12-8-2)39-25-26-40(37(6)33-39)48-50-42-35-43(54-29-31-56-45(52)9-3)41(49-47-38-23-21-36(5)22-24-38)34-44(42)55-30-32-57-46(53)10-4/h9-10,21-26,33-35H,3-4,7-8,11-20,27-32H2,1-2,5-6H3/b49-47+,50-48+. The zero-order valence-corrected chi connectivity index (χ0v) is 34.7. The van der Waals surface area contributed by atoms with E-state index in [0.29, 0.717) is 34.2 Å². The fourth-order valence-corrected chi connectivity index (χ4v) is 5.95. The van der Waals surface area contributed by atoms with Crippen molar-refractivity contribution in [2.45, 2.75) is 105 Å². The van der Waals surface area contributed by atoms with Crippen molar-refractivity contribution in [1.29, 1.82) is 0 Å². The molecule has 3 rings (SSSR count). The van der Waals surface area contributed by atoms with Crippen LogP contribution >= 0.6 is 0 Å². The molecule has 0 unspecified atom stereocenters. The Morgan fingerprint density at radius 1 is 0.579 bits per heavy atom. The summed E-state index contributed by atoms with van der Waals surface area (Å²) < 4.78 is 22.3. The van der Waals surface area contributed by atoms with Gasteiger partial charge in [-0.25, -0.2) is 9.59 Å². The van der Waals surface area contributed by atoms with Crippen molar-refractivity contribution in [1.82, 2.24) is 0 Å². The lowest BCUT2D eigenvalue weighted by Gasteiger charge is -2.26. The Morgan fingerprint density at radius 2 is 1.05 bits per heavy atom. The summed E-state index contributed by atoms with van der Waals surface area (Å²) in [7, 11) is 0. The van der Waals surface area contributed by atoms with E-state index in [1.807, 2.05) is 44.2 Å². The van der Waals surface area contributed by atoms with Crippen molar-refractivity contribution in [3.63, 3.8) is 0 Å². The molecule has 0 bridgehead atoms. The molecule has 3 aromatic rings. The molecule has 0 saturated carbocycles. The number of hydrogen-bond acceptors (Lipinski definition) is 11. The van der Waals surface area contributed by atoms with Gasteiger partial charge in [0.05, 0.1) is 11.4 Å². The van der Waals surface area contributed by atoms with Crippen molar-refractivity contribution in [2.75, 3.05) is 44.4 Å². The Balaban J connectivity index is 1.91. The molecular formula is C46H63N5O6. The van der Waals surface area contributed by atoms with Gasteiger partial charge in [-0.2, -0.15) is 10.2 Å². The topological polar surface area (TPSA) is 124 Å². The van der Waals surface area contributed by atoms with Gasteiger partial charge in [0, 0.05) is 43.1 Å². The molecule has 0 aromatic heterocycles. The number of unbranched alkanes of at least 4 members (excludes halogenated alkanes) is 10. The normalized spacial score (nSPS) is 11.2. The second-order valence-corrected chi connectivity index (χ2v) is 14.0. The van der Waals surface area contributed by atoms with Crippen LogP contribution in [0.25, 0.3) is 0 Å². The van der Waals surface area contributed by atoms with Gasteiger partial charge in [-0.3, -0.25) is 0 Å². The van der Waals surface area contributed by atoms with E-state index in [1.165, 1.54) is 82.7 Å². The number of azo groups is 2. The van der Waals surface area contributed by atoms with E-state index in [0.717, 1.165) is 36.4 Å². The first-order chi connectivity index (χ1) is 27.8. The third kappa shape index (κ3) is 18.0. The lowest BCUT2D eigenvalue weighted by Crippen LogP contribution is -2.25. The molecule has 0 aliphatic carbocycles. The van der Waals surface area contributed by atoms with Gasteiger partial charge >= 0.3 is 11.9 Å². The van der Waals surface area contributed by atoms with Crippen LogP contribution in [0.4, 0.5) is 28.4 Å². The average molecular weight is 782 g/mol. The molecular weight excluding hydrogens is 719 g/mol. The molecule has 57 heavy (non-hydrogen) atoms. The van der Waals surface area contributed by atoms with E-state index in [2.05, 4.69) is 64.5 Å². The van der Waals surface area contributed by atoms with Gasteiger partial charge < -0.3 is 23.8 Å². The van der Waals surface area contributed by atoms with Crippen molar-refractivity contribution in [3.8, 4) is 11.5 Å². The first-order valence-corrected chi connectivity index (χ1v) is 20.6. The van der Waals surface area contributed by atoms with Crippen molar-refractivity contribution in [3.05, 3.63) is 91.0 Å². The first kappa shape index (κ1) is 46.1. The Kier molecular flexibility index (Phi) is 22.1. The number of ether oxygens (including phenoxy) is 4. The van der Waals surface area contributed by atoms with Crippen LogP contribution in [0.15, 0.2) is 100 Å². The summed E-state index contributed by atoms with van der Waals surface area (Å²) in [6, 6.07) is 17.2. The Labute approximate surface area is 340 Å². The van der Waals surface area contributed by atoms with Crippen LogP contribution in [0.2, 0.25) is 0 Å². The third-order valence-electron chi connectivity index (χ3n) is 9.23. The molecule has 11 nitrogen and oxygen atoms in total. The van der Waals surface area contributed by atoms with E-state index in [9.17, 15) is 9.59 Å². The van der Waals surface area contributed by atoms with Gasteiger partial charge in [0.25, 0.3) is 0 Å². The van der Waals surface area contributed by atoms with Gasteiger partial charge in [-0.05, 0) is 62.6 Å². The van der Waals surface area contributed by atoms with Gasteiger partial charge in [0.15, 0.2) is 0 Å². The smallest absolute Gasteiger partial charge is 0.330 e. The van der Waals surface area contributed by atoms with Gasteiger partial charge in [0.2, 0.25) is 0 Å². The molecule has 0 aliphatic heterocycles. The first-order valence-electron chi connectivity index (χ1n) is 20.6. The number of rotatable bonds is 29. The van der Waals surface area contributed by atoms with Crippen LogP contribution < -0.4 is 14.4 Å². The maximum absolute atomic E-state index is 11.7. The fourth-order valence-electron chi connectivity index (χ4n) is 5.95. The molecule has 0 heterocycles. The highest BCUT2D eigenvalue weighted by atomic mass is 16.6. The average Bonchev–Trinajstić information content (AvgIpc) is 3.22. The van der Waals surface area contributed by atoms with Crippen LogP contribution in [0.3, 0.4) is 0 Å². The molecule has 0 saturated heterocycles. The second-order valence-electron chi connectivity index (χ2n) is 14.0. The third-order valence-corrected chi connectivity index (χ3v) is 9.23. The summed E-state index contributed by atoms with van der Waals surface area (Å²) in [5.74, 6) is -0.451. The van der Waals surface area contributed by atoms with Crippen LogP contribution in [-0.4, -0.2) is 51.5 Å². The minimum absolute atomic E-state index is 0.0105. The lowest BCUT2D eigenvalue weighted by molar-refractivity contribution is -0.139. The molecule has 0 aliphatic rings. The quantitative estimate of drug-likeness (QED) is 0.0297. The lowest BCUT2D eigenvalue weighted by atomic mass is 10.1. The number of aryl methyl sites for hydroxylation is 2. The highest BCUT2D eigenvalue weighted by Crippen LogP contribution is 2.42. The van der Waals surface area contributed by atoms with Crippen LogP contribution in [0.1, 0.15) is 102 Å². The Hall–Kier alpha value is -5.32. The van der Waals surface area contributed by atoms with Crippen LogP contribution in [0, 0.1) is 13.8 Å². The zero-order chi connectivity index (χ0) is 41.1. The molecule has 0 fully saturated rings. The number of anilines is 1. The summed E-state index contributed by atoms with van der Waals surface area (Å²) >= 11 is 0. The summed E-state index contributed by atoms with van der Waals surface area (Å²) in [4.78, 5) is 25.8. The van der Waals surface area contributed by atoms with Crippen molar-refractivity contribution < 1.29 is 28.5 Å². The van der Waals surface area contributed by atoms with Crippen LogP contribution in [0.5, 0.6) is 11.5 Å². The highest BCUT2D eigenvalue weighted by molar-refractivity contribution is 5.81. The fraction of sp³-hybridized carbons (Fsp3) is 0.478. The van der Waals surface area contributed by atoms with Crippen molar-refractivity contribution >= 4 is 40.4 Å². The summed E-state index contributed by atoms with van der Waals surface area (Å²) in [6.45, 7) is 17.5. The van der Waals surface area contributed by atoms with Crippen LogP contribution in [-0.2, 0) is 19.1 Å². The number of hydrogen-bond donors (Lipinski definition) is 0. The zero-order valence-electron chi connectivity index (χ0n) is 34.7. The number of nitrogens with zero attached hydrogens (tertiary/aromatic N) is 5. The maximum Gasteiger partial charge on any atom is 0.330 e. The SMILES string of the molecule is C=CC(=O)OCCOc1cc(/N=N/c2ccc(N(CCCCCCCC)CCCCCCCC)cc2C)c(OCCOC(=O)C=C)cc1/N=N/c1ccc(C)cc1. The molecule has 11 heteroatoms. The van der Waals surface area contributed by atoms with Gasteiger partial charge in [0.1, 0.15) is 49.3 Å². The summed E-state index contributed by atoms with van der Waals surface area (Å²) in [5, 5.41) is 18.1. The molecule has 0 atom stereocenters. The van der Waals surface area contributed by atoms with E-state index in [1.54, 1.807) is 12.1 Å². The second kappa shape index (κ2) is 27.3. The predicted molar refractivity (Wildman–Crippen MR) is 229 cm³/mol.